The summed E-state index contributed by atoms with van der Waals surface area (Å²) in [5, 5.41) is 0. The molecule has 2 N–H and O–H groups in total. The van der Waals surface area contributed by atoms with Crippen LogP contribution in [0.25, 0.3) is 0 Å². The molecular weight excluding hydrogens is 203 g/mol. The lowest BCUT2D eigenvalue weighted by molar-refractivity contribution is 0.313. The highest BCUT2D eigenvalue weighted by molar-refractivity contribution is 5.49. The van der Waals surface area contributed by atoms with Crippen LogP contribution in [0.2, 0.25) is 0 Å². The van der Waals surface area contributed by atoms with Crippen LogP contribution in [0.1, 0.15) is 20.3 Å². The number of anilines is 1. The van der Waals surface area contributed by atoms with Crippen molar-refractivity contribution in [2.45, 2.75) is 32.4 Å². The minimum Gasteiger partial charge on any atom is -0.366 e. The van der Waals surface area contributed by atoms with Crippen LogP contribution in [0.15, 0.2) is 24.3 Å². The molecule has 0 aliphatic carbocycles. The predicted molar refractivity (Wildman–Crippen MR) is 65.0 cm³/mol. The zero-order valence-corrected chi connectivity index (χ0v) is 9.86. The largest absolute Gasteiger partial charge is 0.366 e. The van der Waals surface area contributed by atoms with E-state index in [4.69, 9.17) is 5.73 Å². The van der Waals surface area contributed by atoms with Crippen LogP contribution in [0.4, 0.5) is 10.1 Å². The molecule has 0 aromatic heterocycles. The Morgan fingerprint density at radius 2 is 2.00 bits per heavy atom. The summed E-state index contributed by atoms with van der Waals surface area (Å²) in [6, 6.07) is 7.49. The molecule has 1 aliphatic rings. The molecular formula is C13H19FN2. The molecule has 0 spiro atoms. The molecule has 1 aromatic rings. The number of hydrogen-bond donors (Lipinski definition) is 1. The Bertz CT molecular complexity index is 367. The summed E-state index contributed by atoms with van der Waals surface area (Å²) in [6.45, 7) is 5.10. The second kappa shape index (κ2) is 4.42. The summed E-state index contributed by atoms with van der Waals surface area (Å²) in [7, 11) is 0. The molecule has 1 heterocycles. The lowest BCUT2D eigenvalue weighted by Crippen LogP contribution is -2.52. The van der Waals surface area contributed by atoms with Gasteiger partial charge >= 0.3 is 0 Å². The quantitative estimate of drug-likeness (QED) is 0.790. The number of nitrogens with two attached hydrogens (primary N) is 1. The zero-order chi connectivity index (χ0) is 11.7. The normalized spacial score (nSPS) is 30.5. The molecule has 3 heteroatoms. The van der Waals surface area contributed by atoms with E-state index in [0.717, 1.165) is 13.0 Å². The summed E-state index contributed by atoms with van der Waals surface area (Å²) < 4.78 is 13.7. The van der Waals surface area contributed by atoms with Crippen LogP contribution in [0, 0.1) is 11.7 Å². The van der Waals surface area contributed by atoms with E-state index < -0.39 is 0 Å². The standard InChI is InChI=1S/C13H19FN2/c1-9-10(2)16(8-7-12(9)15)13-6-4-3-5-11(13)14/h3-6,9-10,12H,7-8,15H2,1-2H3. The number of hydrogen-bond acceptors (Lipinski definition) is 2. The van der Waals surface area contributed by atoms with Crippen LogP contribution in [0.3, 0.4) is 0 Å². The van der Waals surface area contributed by atoms with Gasteiger partial charge in [-0.3, -0.25) is 0 Å². The Morgan fingerprint density at radius 1 is 1.31 bits per heavy atom. The second-order valence-electron chi connectivity index (χ2n) is 4.70. The Hall–Kier alpha value is -1.09. The van der Waals surface area contributed by atoms with Gasteiger partial charge < -0.3 is 10.6 Å². The average molecular weight is 222 g/mol. The van der Waals surface area contributed by atoms with E-state index in [1.54, 1.807) is 6.07 Å². The van der Waals surface area contributed by atoms with Crippen molar-refractivity contribution in [1.29, 1.82) is 0 Å². The first-order chi connectivity index (χ1) is 7.61. The van der Waals surface area contributed by atoms with Gasteiger partial charge in [-0.25, -0.2) is 4.39 Å². The van der Waals surface area contributed by atoms with E-state index in [9.17, 15) is 4.39 Å². The van der Waals surface area contributed by atoms with Crippen molar-refractivity contribution in [3.05, 3.63) is 30.1 Å². The maximum atomic E-state index is 13.7. The SMILES string of the molecule is CC1C(N)CCN(c2ccccc2F)C1C. The molecule has 88 valence electrons. The third-order valence-electron chi connectivity index (χ3n) is 3.79. The predicted octanol–water partition coefficient (Wildman–Crippen LogP) is 2.39. The maximum absolute atomic E-state index is 13.7. The fraction of sp³-hybridized carbons (Fsp3) is 0.538. The topological polar surface area (TPSA) is 29.3 Å². The zero-order valence-electron chi connectivity index (χ0n) is 9.86. The monoisotopic (exact) mass is 222 g/mol. The summed E-state index contributed by atoms with van der Waals surface area (Å²) >= 11 is 0. The number of benzene rings is 1. The summed E-state index contributed by atoms with van der Waals surface area (Å²) in [5.74, 6) is 0.255. The minimum atomic E-state index is -0.142. The van der Waals surface area contributed by atoms with Gasteiger partial charge in [-0.2, -0.15) is 0 Å². The van der Waals surface area contributed by atoms with Gasteiger partial charge in [0, 0.05) is 18.6 Å². The van der Waals surface area contributed by atoms with E-state index in [1.165, 1.54) is 6.07 Å². The Balaban J connectivity index is 2.25. The summed E-state index contributed by atoms with van der Waals surface area (Å²) in [5.41, 5.74) is 6.73. The number of para-hydroxylation sites is 1. The van der Waals surface area contributed by atoms with Crippen molar-refractivity contribution in [3.8, 4) is 0 Å². The van der Waals surface area contributed by atoms with Gasteiger partial charge in [0.1, 0.15) is 5.82 Å². The van der Waals surface area contributed by atoms with E-state index in [0.29, 0.717) is 17.6 Å². The molecule has 0 amide bonds. The number of piperidine rings is 1. The van der Waals surface area contributed by atoms with Crippen LogP contribution < -0.4 is 10.6 Å². The molecule has 2 nitrogen and oxygen atoms in total. The van der Waals surface area contributed by atoms with Gasteiger partial charge in [0.25, 0.3) is 0 Å². The molecule has 1 saturated heterocycles. The molecule has 1 aliphatic heterocycles. The van der Waals surface area contributed by atoms with Gasteiger partial charge in [0.05, 0.1) is 5.69 Å². The summed E-state index contributed by atoms with van der Waals surface area (Å²) in [4.78, 5) is 2.13. The molecule has 16 heavy (non-hydrogen) atoms. The molecule has 1 fully saturated rings. The fourth-order valence-corrected chi connectivity index (χ4v) is 2.42. The second-order valence-corrected chi connectivity index (χ2v) is 4.70. The molecule has 0 saturated carbocycles. The Morgan fingerprint density at radius 3 is 2.69 bits per heavy atom. The first-order valence-corrected chi connectivity index (χ1v) is 5.88. The van der Waals surface area contributed by atoms with Crippen LogP contribution in [0.5, 0.6) is 0 Å². The average Bonchev–Trinajstić information content (AvgIpc) is 2.28. The highest BCUT2D eigenvalue weighted by Gasteiger charge is 2.31. The first kappa shape index (κ1) is 11.4. The fourth-order valence-electron chi connectivity index (χ4n) is 2.42. The van der Waals surface area contributed by atoms with E-state index in [-0.39, 0.29) is 11.9 Å². The molecule has 0 radical (unpaired) electrons. The van der Waals surface area contributed by atoms with E-state index >= 15 is 0 Å². The third-order valence-corrected chi connectivity index (χ3v) is 3.79. The van der Waals surface area contributed by atoms with Crippen LogP contribution in [-0.4, -0.2) is 18.6 Å². The van der Waals surface area contributed by atoms with Gasteiger partial charge in [0.15, 0.2) is 0 Å². The van der Waals surface area contributed by atoms with Crippen molar-refractivity contribution >= 4 is 5.69 Å². The highest BCUT2D eigenvalue weighted by Crippen LogP contribution is 2.29. The van der Waals surface area contributed by atoms with Crippen molar-refractivity contribution in [3.63, 3.8) is 0 Å². The van der Waals surface area contributed by atoms with Gasteiger partial charge in [0.2, 0.25) is 0 Å². The third kappa shape index (κ3) is 1.92. The molecule has 3 atom stereocenters. The smallest absolute Gasteiger partial charge is 0.146 e. The lowest BCUT2D eigenvalue weighted by Gasteiger charge is -2.42. The molecule has 2 rings (SSSR count). The Labute approximate surface area is 96.2 Å². The number of rotatable bonds is 1. The van der Waals surface area contributed by atoms with Gasteiger partial charge in [-0.1, -0.05) is 19.1 Å². The number of nitrogens with zero attached hydrogens (tertiary/aromatic N) is 1. The Kier molecular flexibility index (Phi) is 3.15. The van der Waals surface area contributed by atoms with E-state index in [1.807, 2.05) is 12.1 Å². The van der Waals surface area contributed by atoms with Crippen molar-refractivity contribution in [1.82, 2.24) is 0 Å². The summed E-state index contributed by atoms with van der Waals surface area (Å²) in [6.07, 6.45) is 0.930. The molecule has 1 aromatic carbocycles. The maximum Gasteiger partial charge on any atom is 0.146 e. The van der Waals surface area contributed by atoms with E-state index in [2.05, 4.69) is 18.7 Å². The van der Waals surface area contributed by atoms with Crippen LogP contribution in [-0.2, 0) is 0 Å². The highest BCUT2D eigenvalue weighted by atomic mass is 19.1. The van der Waals surface area contributed by atoms with Gasteiger partial charge in [-0.15, -0.1) is 0 Å². The van der Waals surface area contributed by atoms with Crippen molar-refractivity contribution in [2.75, 3.05) is 11.4 Å². The molecule has 0 bridgehead atoms. The van der Waals surface area contributed by atoms with Crippen molar-refractivity contribution in [2.24, 2.45) is 11.7 Å². The van der Waals surface area contributed by atoms with Crippen molar-refractivity contribution < 1.29 is 4.39 Å². The number of halogens is 1. The van der Waals surface area contributed by atoms with Gasteiger partial charge in [-0.05, 0) is 31.4 Å². The molecule has 3 unspecified atom stereocenters. The van der Waals surface area contributed by atoms with Crippen LogP contribution >= 0.6 is 0 Å². The lowest BCUT2D eigenvalue weighted by atomic mass is 9.87. The first-order valence-electron chi connectivity index (χ1n) is 5.88. The minimum absolute atomic E-state index is 0.142.